The molecule has 2 aromatic rings. The average Bonchev–Trinajstić information content (AvgIpc) is 2.46. The van der Waals surface area contributed by atoms with Gasteiger partial charge in [-0.15, -0.1) is 0 Å². The Hall–Kier alpha value is -2.29. The molecule has 19 heavy (non-hydrogen) atoms. The van der Waals surface area contributed by atoms with Crippen molar-refractivity contribution in [1.29, 1.82) is 0 Å². The van der Waals surface area contributed by atoms with Crippen molar-refractivity contribution in [3.8, 4) is 22.6 Å². The van der Waals surface area contributed by atoms with Crippen LogP contribution in [0.25, 0.3) is 11.1 Å². The first-order valence-electron chi connectivity index (χ1n) is 5.99. The number of carbonyl (C=O) groups excluding carboxylic acids is 1. The number of carbonyl (C=O) groups is 1. The summed E-state index contributed by atoms with van der Waals surface area (Å²) < 4.78 is 10.7. The van der Waals surface area contributed by atoms with Gasteiger partial charge in [-0.2, -0.15) is 0 Å². The van der Waals surface area contributed by atoms with E-state index < -0.39 is 0 Å². The van der Waals surface area contributed by atoms with E-state index in [2.05, 4.69) is 0 Å². The van der Waals surface area contributed by atoms with Crippen LogP contribution in [0.5, 0.6) is 11.5 Å². The molecule has 0 saturated carbocycles. The highest BCUT2D eigenvalue weighted by atomic mass is 16.5. The second kappa shape index (κ2) is 5.57. The Kier molecular flexibility index (Phi) is 3.85. The van der Waals surface area contributed by atoms with Gasteiger partial charge in [0, 0.05) is 11.1 Å². The molecule has 0 unspecified atom stereocenters. The van der Waals surface area contributed by atoms with Gasteiger partial charge in [-0.1, -0.05) is 36.4 Å². The summed E-state index contributed by atoms with van der Waals surface area (Å²) in [5, 5.41) is 0. The lowest BCUT2D eigenvalue weighted by molar-refractivity contribution is 0.101. The highest BCUT2D eigenvalue weighted by molar-refractivity contribution is 5.94. The fourth-order valence-corrected chi connectivity index (χ4v) is 2.00. The van der Waals surface area contributed by atoms with Gasteiger partial charge in [0.15, 0.2) is 17.3 Å². The van der Waals surface area contributed by atoms with Gasteiger partial charge >= 0.3 is 0 Å². The molecule has 2 aromatic carbocycles. The summed E-state index contributed by atoms with van der Waals surface area (Å²) >= 11 is 0. The second-order valence-electron chi connectivity index (χ2n) is 4.17. The third kappa shape index (κ3) is 2.60. The Morgan fingerprint density at radius 3 is 2.16 bits per heavy atom. The van der Waals surface area contributed by atoms with Gasteiger partial charge in [0.05, 0.1) is 14.2 Å². The fourth-order valence-electron chi connectivity index (χ4n) is 2.00. The number of hydrogen-bond donors (Lipinski definition) is 0. The highest BCUT2D eigenvalue weighted by Gasteiger charge is 2.11. The Morgan fingerprint density at radius 2 is 1.63 bits per heavy atom. The SMILES string of the molecule is COc1cccc(-c2ccc(C(C)=O)cc2)c1OC. The topological polar surface area (TPSA) is 35.5 Å². The van der Waals surface area contributed by atoms with Gasteiger partial charge in [-0.3, -0.25) is 4.79 Å². The molecule has 0 aliphatic rings. The third-order valence-electron chi connectivity index (χ3n) is 3.01. The molecule has 0 fully saturated rings. The second-order valence-corrected chi connectivity index (χ2v) is 4.17. The van der Waals surface area contributed by atoms with E-state index in [1.165, 1.54) is 0 Å². The van der Waals surface area contributed by atoms with Crippen LogP contribution < -0.4 is 9.47 Å². The zero-order valence-electron chi connectivity index (χ0n) is 11.3. The first kappa shape index (κ1) is 13.1. The molecule has 0 amide bonds. The highest BCUT2D eigenvalue weighted by Crippen LogP contribution is 2.37. The van der Waals surface area contributed by atoms with Crippen LogP contribution in [0.3, 0.4) is 0 Å². The summed E-state index contributed by atoms with van der Waals surface area (Å²) in [6, 6.07) is 13.2. The summed E-state index contributed by atoms with van der Waals surface area (Å²) in [7, 11) is 3.23. The van der Waals surface area contributed by atoms with Crippen LogP contribution in [-0.4, -0.2) is 20.0 Å². The monoisotopic (exact) mass is 256 g/mol. The van der Waals surface area contributed by atoms with Crippen molar-refractivity contribution in [3.05, 3.63) is 48.0 Å². The maximum atomic E-state index is 11.3. The van der Waals surface area contributed by atoms with E-state index in [0.29, 0.717) is 17.1 Å². The smallest absolute Gasteiger partial charge is 0.168 e. The van der Waals surface area contributed by atoms with Crippen molar-refractivity contribution in [3.63, 3.8) is 0 Å². The van der Waals surface area contributed by atoms with Gasteiger partial charge in [0.1, 0.15) is 0 Å². The van der Waals surface area contributed by atoms with E-state index in [1.807, 2.05) is 42.5 Å². The van der Waals surface area contributed by atoms with E-state index in [-0.39, 0.29) is 5.78 Å². The molecule has 3 nitrogen and oxygen atoms in total. The summed E-state index contributed by atoms with van der Waals surface area (Å²) in [5.74, 6) is 1.44. The first-order valence-corrected chi connectivity index (χ1v) is 5.99. The number of benzene rings is 2. The number of methoxy groups -OCH3 is 2. The molecule has 0 bridgehead atoms. The zero-order valence-corrected chi connectivity index (χ0v) is 11.3. The molecule has 0 atom stereocenters. The lowest BCUT2D eigenvalue weighted by Crippen LogP contribution is -1.94. The van der Waals surface area contributed by atoms with Gasteiger partial charge in [-0.05, 0) is 18.6 Å². The number of rotatable bonds is 4. The van der Waals surface area contributed by atoms with Gasteiger partial charge in [0.2, 0.25) is 0 Å². The van der Waals surface area contributed by atoms with Crippen LogP contribution >= 0.6 is 0 Å². The minimum absolute atomic E-state index is 0.0594. The quantitative estimate of drug-likeness (QED) is 0.784. The molecule has 0 aliphatic carbocycles. The zero-order chi connectivity index (χ0) is 13.8. The van der Waals surface area contributed by atoms with Gasteiger partial charge in [0.25, 0.3) is 0 Å². The minimum atomic E-state index is 0.0594. The van der Waals surface area contributed by atoms with Crippen molar-refractivity contribution in [2.45, 2.75) is 6.92 Å². The van der Waals surface area contributed by atoms with E-state index in [0.717, 1.165) is 11.1 Å². The number of hydrogen-bond acceptors (Lipinski definition) is 3. The molecule has 0 radical (unpaired) electrons. The lowest BCUT2D eigenvalue weighted by atomic mass is 10.0. The third-order valence-corrected chi connectivity index (χ3v) is 3.01. The van der Waals surface area contributed by atoms with Crippen LogP contribution in [0.4, 0.5) is 0 Å². The molecular formula is C16H16O3. The maximum Gasteiger partial charge on any atom is 0.168 e. The first-order chi connectivity index (χ1) is 9.17. The molecule has 0 spiro atoms. The fraction of sp³-hybridized carbons (Fsp3) is 0.188. The van der Waals surface area contributed by atoms with Crippen molar-refractivity contribution >= 4 is 5.78 Å². The normalized spacial score (nSPS) is 10.1. The predicted molar refractivity (Wildman–Crippen MR) is 75.0 cm³/mol. The molecule has 98 valence electrons. The van der Waals surface area contributed by atoms with Gasteiger partial charge in [-0.25, -0.2) is 0 Å². The Bertz CT molecular complexity index is 585. The van der Waals surface area contributed by atoms with Crippen LogP contribution in [0, 0.1) is 0 Å². The predicted octanol–water partition coefficient (Wildman–Crippen LogP) is 3.57. The molecule has 2 rings (SSSR count). The summed E-state index contributed by atoms with van der Waals surface area (Å²) in [4.78, 5) is 11.3. The van der Waals surface area contributed by atoms with E-state index in [4.69, 9.17) is 9.47 Å². The molecule has 0 aromatic heterocycles. The molecule has 0 N–H and O–H groups in total. The number of ether oxygens (including phenoxy) is 2. The molecular weight excluding hydrogens is 240 g/mol. The maximum absolute atomic E-state index is 11.3. The van der Waals surface area contributed by atoms with E-state index >= 15 is 0 Å². The Balaban J connectivity index is 2.49. The van der Waals surface area contributed by atoms with Crippen molar-refractivity contribution in [1.82, 2.24) is 0 Å². The number of ketones is 1. The summed E-state index contributed by atoms with van der Waals surface area (Å²) in [5.41, 5.74) is 2.63. The summed E-state index contributed by atoms with van der Waals surface area (Å²) in [6.07, 6.45) is 0. The largest absolute Gasteiger partial charge is 0.493 e. The lowest BCUT2D eigenvalue weighted by Gasteiger charge is -2.12. The number of para-hydroxylation sites is 1. The molecule has 3 heteroatoms. The van der Waals surface area contributed by atoms with Crippen molar-refractivity contribution in [2.75, 3.05) is 14.2 Å². The molecule has 0 saturated heterocycles. The standard InChI is InChI=1S/C16H16O3/c1-11(17)12-7-9-13(10-8-12)14-5-4-6-15(18-2)16(14)19-3/h4-10H,1-3H3. The van der Waals surface area contributed by atoms with Crippen LogP contribution in [0.1, 0.15) is 17.3 Å². The average molecular weight is 256 g/mol. The van der Waals surface area contributed by atoms with Crippen LogP contribution in [0.15, 0.2) is 42.5 Å². The van der Waals surface area contributed by atoms with Crippen molar-refractivity contribution < 1.29 is 14.3 Å². The Labute approximate surface area is 112 Å². The molecule has 0 heterocycles. The van der Waals surface area contributed by atoms with Gasteiger partial charge < -0.3 is 9.47 Å². The minimum Gasteiger partial charge on any atom is -0.493 e. The van der Waals surface area contributed by atoms with Crippen LogP contribution in [0.2, 0.25) is 0 Å². The Morgan fingerprint density at radius 1 is 0.947 bits per heavy atom. The number of Topliss-reactive ketones (excluding diaryl/α,β-unsaturated/α-hetero) is 1. The van der Waals surface area contributed by atoms with E-state index in [9.17, 15) is 4.79 Å². The van der Waals surface area contributed by atoms with Crippen LogP contribution in [-0.2, 0) is 0 Å². The van der Waals surface area contributed by atoms with Crippen molar-refractivity contribution in [2.24, 2.45) is 0 Å². The molecule has 0 aliphatic heterocycles. The van der Waals surface area contributed by atoms with E-state index in [1.54, 1.807) is 21.1 Å². The summed E-state index contributed by atoms with van der Waals surface area (Å²) in [6.45, 7) is 1.56.